The molecule has 13 heteroatoms. The van der Waals surface area contributed by atoms with Crippen LogP contribution in [0, 0.1) is 6.92 Å². The molecule has 0 spiro atoms. The Labute approximate surface area is 263 Å². The number of nitrogens with zero attached hydrogens (tertiary/aromatic N) is 4. The number of aliphatic hydroxyl groups is 1. The highest BCUT2D eigenvalue weighted by molar-refractivity contribution is 6.36. The summed E-state index contributed by atoms with van der Waals surface area (Å²) < 4.78 is 12.9. The van der Waals surface area contributed by atoms with Crippen molar-refractivity contribution < 1.29 is 19.4 Å². The van der Waals surface area contributed by atoms with Gasteiger partial charge in [-0.3, -0.25) is 14.2 Å². The van der Waals surface area contributed by atoms with Crippen LogP contribution in [0.15, 0.2) is 52.1 Å². The summed E-state index contributed by atoms with van der Waals surface area (Å²) in [4.78, 5) is 42.5. The molecule has 3 N–H and O–H groups in total. The first-order valence-corrected chi connectivity index (χ1v) is 14.9. The fraction of sp³-hybridized carbons (Fsp3) is 0.344. The zero-order valence-electron chi connectivity index (χ0n) is 25.3. The molecule has 1 fully saturated rings. The first-order chi connectivity index (χ1) is 21.6. The summed E-state index contributed by atoms with van der Waals surface area (Å²) in [5.74, 6) is -0.227. The number of halogens is 1. The maximum Gasteiger partial charge on any atom is 0.346 e. The summed E-state index contributed by atoms with van der Waals surface area (Å²) >= 11 is 7.07. The van der Waals surface area contributed by atoms with Gasteiger partial charge in [0.1, 0.15) is 0 Å². The van der Waals surface area contributed by atoms with E-state index in [9.17, 15) is 19.5 Å². The molecule has 6 rings (SSSR count). The second kappa shape index (κ2) is 12.2. The van der Waals surface area contributed by atoms with Crippen LogP contribution in [0.25, 0.3) is 22.4 Å². The number of aromatic nitrogens is 4. The van der Waals surface area contributed by atoms with Crippen LogP contribution >= 0.6 is 11.6 Å². The Morgan fingerprint density at radius 3 is 2.58 bits per heavy atom. The number of rotatable bonds is 7. The molecule has 12 nitrogen and oxygen atoms in total. The van der Waals surface area contributed by atoms with Crippen molar-refractivity contribution >= 4 is 23.2 Å². The minimum atomic E-state index is -0.787. The Bertz CT molecular complexity index is 1940. The smallest absolute Gasteiger partial charge is 0.346 e. The fourth-order valence-corrected chi connectivity index (χ4v) is 6.37. The van der Waals surface area contributed by atoms with Crippen LogP contribution in [0.1, 0.15) is 39.6 Å². The zero-order chi connectivity index (χ0) is 32.0. The predicted molar refractivity (Wildman–Crippen MR) is 169 cm³/mol. The molecule has 1 aliphatic carbocycles. The largest absolute Gasteiger partial charge is 0.481 e. The first-order valence-electron chi connectivity index (χ1n) is 14.5. The minimum absolute atomic E-state index is 0.0172. The molecule has 0 bridgehead atoms. The quantitative estimate of drug-likeness (QED) is 0.280. The maximum atomic E-state index is 13.1. The van der Waals surface area contributed by atoms with Crippen LogP contribution in [-0.2, 0) is 25.3 Å². The van der Waals surface area contributed by atoms with E-state index in [4.69, 9.17) is 26.1 Å². The number of hydrogen-bond donors (Lipinski definition) is 3. The third-order valence-corrected chi connectivity index (χ3v) is 8.91. The highest BCUT2D eigenvalue weighted by atomic mass is 35.5. The molecule has 1 saturated heterocycles. The molecular weight excluding hydrogens is 600 g/mol. The molecule has 1 amide bonds. The van der Waals surface area contributed by atoms with Gasteiger partial charge in [0.15, 0.2) is 0 Å². The average molecular weight is 633 g/mol. The summed E-state index contributed by atoms with van der Waals surface area (Å²) in [7, 11) is 4.26. The number of benzene rings is 2. The minimum Gasteiger partial charge on any atom is -0.481 e. The Hall–Kier alpha value is -4.36. The number of amides is 1. The lowest BCUT2D eigenvalue weighted by atomic mass is 9.96. The lowest BCUT2D eigenvalue weighted by Gasteiger charge is -2.22. The molecule has 1 aliphatic heterocycles. The van der Waals surface area contributed by atoms with E-state index < -0.39 is 29.0 Å². The number of ether oxygens (including phenoxy) is 2. The number of aliphatic hydroxyl groups excluding tert-OH is 1. The molecule has 0 radical (unpaired) electrons. The van der Waals surface area contributed by atoms with Gasteiger partial charge in [-0.1, -0.05) is 41.9 Å². The van der Waals surface area contributed by atoms with Crippen LogP contribution < -0.4 is 26.6 Å². The van der Waals surface area contributed by atoms with Crippen molar-refractivity contribution in [2.45, 2.75) is 38.0 Å². The number of pyridine rings is 1. The Balaban J connectivity index is 1.32. The average Bonchev–Trinajstić information content (AvgIpc) is 3.64. The Morgan fingerprint density at radius 1 is 1.11 bits per heavy atom. The molecule has 0 unspecified atom stereocenters. The van der Waals surface area contributed by atoms with Gasteiger partial charge in [-0.2, -0.15) is 5.10 Å². The van der Waals surface area contributed by atoms with Crippen molar-refractivity contribution in [2.75, 3.05) is 25.6 Å². The third kappa shape index (κ3) is 5.54. The van der Waals surface area contributed by atoms with Gasteiger partial charge in [-0.15, -0.1) is 0 Å². The lowest BCUT2D eigenvalue weighted by molar-refractivity contribution is 0.101. The number of methoxy groups -OCH3 is 1. The Kier molecular flexibility index (Phi) is 8.31. The van der Waals surface area contributed by atoms with Crippen molar-refractivity contribution in [3.05, 3.63) is 90.7 Å². The van der Waals surface area contributed by atoms with Crippen LogP contribution in [0.2, 0.25) is 5.02 Å². The number of hydrogen-bond acceptors (Lipinski definition) is 9. The van der Waals surface area contributed by atoms with E-state index in [0.29, 0.717) is 35.5 Å². The topological polar surface area (TPSA) is 150 Å². The number of nitrogens with one attached hydrogen (secondary N) is 2. The number of aryl methyl sites for hydroxylation is 2. The normalized spacial score (nSPS) is 19.0. The van der Waals surface area contributed by atoms with E-state index in [0.717, 1.165) is 55.5 Å². The van der Waals surface area contributed by atoms with E-state index in [1.165, 1.54) is 14.1 Å². The van der Waals surface area contributed by atoms with Gasteiger partial charge in [-0.05, 0) is 48.6 Å². The van der Waals surface area contributed by atoms with Gasteiger partial charge in [0.25, 0.3) is 11.5 Å². The SMILES string of the molecule is COc1nc(-c2cccc(-c3cccc(NC(=O)c4nn(C)c(=O)n(C)c4=O)c3C)c2Cl)cc2c1[C@@H](N[C@@H]1COC[C@H]1O)CC2. The van der Waals surface area contributed by atoms with Crippen LogP contribution in [0.5, 0.6) is 5.88 Å². The van der Waals surface area contributed by atoms with E-state index in [1.807, 2.05) is 37.3 Å². The van der Waals surface area contributed by atoms with Gasteiger partial charge in [-0.25, -0.2) is 14.5 Å². The zero-order valence-corrected chi connectivity index (χ0v) is 26.0. The molecule has 4 aromatic rings. The first kappa shape index (κ1) is 30.7. The van der Waals surface area contributed by atoms with E-state index in [2.05, 4.69) is 15.7 Å². The maximum absolute atomic E-state index is 13.1. The third-order valence-electron chi connectivity index (χ3n) is 8.50. The van der Waals surface area contributed by atoms with Crippen molar-refractivity contribution in [1.82, 2.24) is 24.6 Å². The highest BCUT2D eigenvalue weighted by Gasteiger charge is 2.34. The second-order valence-electron chi connectivity index (χ2n) is 11.3. The molecular formula is C32H33ClN6O6. The van der Waals surface area contributed by atoms with E-state index in [1.54, 1.807) is 19.2 Å². The number of carbonyl (C=O) groups excluding carboxylic acids is 1. The second-order valence-corrected chi connectivity index (χ2v) is 11.7. The van der Waals surface area contributed by atoms with Crippen LogP contribution in [-0.4, -0.2) is 62.8 Å². The van der Waals surface area contributed by atoms with Crippen molar-refractivity contribution in [3.8, 4) is 28.3 Å². The summed E-state index contributed by atoms with van der Waals surface area (Å²) in [6.07, 6.45) is 1.10. The van der Waals surface area contributed by atoms with Gasteiger partial charge in [0.05, 0.1) is 43.2 Å². The van der Waals surface area contributed by atoms with Crippen LogP contribution in [0.4, 0.5) is 5.69 Å². The highest BCUT2D eigenvalue weighted by Crippen LogP contribution is 2.43. The van der Waals surface area contributed by atoms with E-state index >= 15 is 0 Å². The standard InChI is InChI=1S/C32H33ClN6O6/c1-16-18(7-6-10-21(16)35-29(41)28-31(42)38(2)32(43)39(3)37-28)19-8-5-9-20(27(19)33)23-13-17-11-12-22(26(17)30(36-23)44-4)34-24-14-45-15-25(24)40/h5-10,13,22,24-25,34,40H,11-12,14-15H2,1-4H3,(H,35,41)/t22-,24+,25+/m0/s1. The van der Waals surface area contributed by atoms with E-state index in [-0.39, 0.29) is 12.1 Å². The van der Waals surface area contributed by atoms with Gasteiger partial charge >= 0.3 is 5.69 Å². The van der Waals surface area contributed by atoms with Crippen molar-refractivity contribution in [3.63, 3.8) is 0 Å². The number of carbonyl (C=O) groups is 1. The fourth-order valence-electron chi connectivity index (χ4n) is 6.05. The molecule has 0 saturated carbocycles. The Morgan fingerprint density at radius 2 is 1.84 bits per heavy atom. The van der Waals surface area contributed by atoms with Crippen molar-refractivity contribution in [1.29, 1.82) is 0 Å². The molecule has 2 aliphatic rings. The lowest BCUT2D eigenvalue weighted by Crippen LogP contribution is -2.43. The van der Waals surface area contributed by atoms with Crippen molar-refractivity contribution in [2.24, 2.45) is 14.1 Å². The predicted octanol–water partition coefficient (Wildman–Crippen LogP) is 2.77. The molecule has 2 aromatic carbocycles. The van der Waals surface area contributed by atoms with Gasteiger partial charge < -0.3 is 25.2 Å². The van der Waals surface area contributed by atoms with Crippen LogP contribution in [0.3, 0.4) is 0 Å². The van der Waals surface area contributed by atoms with Gasteiger partial charge in [0.2, 0.25) is 11.6 Å². The molecule has 234 valence electrons. The molecule has 2 aromatic heterocycles. The summed E-state index contributed by atoms with van der Waals surface area (Å²) in [6, 6.07) is 13.0. The number of anilines is 1. The summed E-state index contributed by atoms with van der Waals surface area (Å²) in [6.45, 7) is 2.62. The molecule has 45 heavy (non-hydrogen) atoms. The monoisotopic (exact) mass is 632 g/mol. The molecule has 3 heterocycles. The summed E-state index contributed by atoms with van der Waals surface area (Å²) in [5.41, 5.74) is 4.34. The number of fused-ring (bicyclic) bond motifs is 1. The van der Waals surface area contributed by atoms with Gasteiger partial charge in [0, 0.05) is 42.5 Å². The molecule has 3 atom stereocenters. The summed E-state index contributed by atoms with van der Waals surface area (Å²) in [5, 5.41) is 20.9.